The van der Waals surface area contributed by atoms with E-state index in [9.17, 15) is 0 Å². The third kappa shape index (κ3) is 3.24. The summed E-state index contributed by atoms with van der Waals surface area (Å²) in [5, 5.41) is 5.86. The molecule has 1 heterocycles. The Labute approximate surface area is 113 Å². The van der Waals surface area contributed by atoms with Crippen molar-refractivity contribution in [2.75, 3.05) is 12.3 Å². The van der Waals surface area contributed by atoms with Gasteiger partial charge in [0.2, 0.25) is 0 Å². The first-order chi connectivity index (χ1) is 8.85. The second kappa shape index (κ2) is 6.76. The van der Waals surface area contributed by atoms with Crippen LogP contribution >= 0.6 is 11.8 Å². The van der Waals surface area contributed by atoms with E-state index in [2.05, 4.69) is 43.4 Å². The molecule has 1 N–H and O–H groups in total. The molecule has 0 atom stereocenters. The average molecular weight is 260 g/mol. The lowest BCUT2D eigenvalue weighted by molar-refractivity contribution is 0.666. The molecule has 1 aromatic heterocycles. The molecule has 0 saturated heterocycles. The fraction of sp³-hybridized carbons (Fsp3) is 0.400. The van der Waals surface area contributed by atoms with Crippen LogP contribution in [0.4, 0.5) is 0 Å². The number of hydrogen-bond acceptors (Lipinski definition) is 3. The summed E-state index contributed by atoms with van der Waals surface area (Å²) in [6.45, 7) is 6.33. The summed E-state index contributed by atoms with van der Waals surface area (Å²) < 4.78 is 0. The van der Waals surface area contributed by atoms with Crippen molar-refractivity contribution in [3.05, 3.63) is 35.9 Å². The average Bonchev–Trinajstić information content (AvgIpc) is 2.40. The highest BCUT2D eigenvalue weighted by molar-refractivity contribution is 7.99. The van der Waals surface area contributed by atoms with Gasteiger partial charge >= 0.3 is 0 Å². The van der Waals surface area contributed by atoms with Crippen molar-refractivity contribution in [1.82, 2.24) is 10.3 Å². The van der Waals surface area contributed by atoms with Crippen LogP contribution in [-0.4, -0.2) is 17.3 Å². The Hall–Kier alpha value is -1.06. The Morgan fingerprint density at radius 1 is 1.22 bits per heavy atom. The van der Waals surface area contributed by atoms with Crippen LogP contribution in [-0.2, 0) is 6.54 Å². The van der Waals surface area contributed by atoms with Crippen molar-refractivity contribution in [2.45, 2.75) is 31.8 Å². The molecular formula is C15H20N2S. The second-order valence-electron chi connectivity index (χ2n) is 4.26. The highest BCUT2D eigenvalue weighted by atomic mass is 32.2. The molecule has 2 nitrogen and oxygen atoms in total. The van der Waals surface area contributed by atoms with Gasteiger partial charge in [-0.25, -0.2) is 4.98 Å². The van der Waals surface area contributed by atoms with Gasteiger partial charge in [0, 0.05) is 11.9 Å². The fourth-order valence-electron chi connectivity index (χ4n) is 1.93. The summed E-state index contributed by atoms with van der Waals surface area (Å²) in [4.78, 5) is 4.77. The van der Waals surface area contributed by atoms with E-state index in [1.165, 1.54) is 16.0 Å². The lowest BCUT2D eigenvalue weighted by Gasteiger charge is -2.10. The molecule has 0 radical (unpaired) electrons. The highest BCUT2D eigenvalue weighted by Crippen LogP contribution is 2.24. The summed E-state index contributed by atoms with van der Waals surface area (Å²) in [6.07, 6.45) is 1.16. The Morgan fingerprint density at radius 2 is 2.06 bits per heavy atom. The van der Waals surface area contributed by atoms with Crippen molar-refractivity contribution < 1.29 is 0 Å². The summed E-state index contributed by atoms with van der Waals surface area (Å²) >= 11 is 1.82. The first-order valence-electron chi connectivity index (χ1n) is 6.57. The number of para-hydroxylation sites is 1. The minimum Gasteiger partial charge on any atom is -0.313 e. The zero-order chi connectivity index (χ0) is 12.8. The number of fused-ring (bicyclic) bond motifs is 1. The van der Waals surface area contributed by atoms with Crippen molar-refractivity contribution in [2.24, 2.45) is 0 Å². The van der Waals surface area contributed by atoms with Crippen LogP contribution in [0.1, 0.15) is 25.8 Å². The molecule has 0 saturated carbocycles. The van der Waals surface area contributed by atoms with Crippen molar-refractivity contribution in [1.29, 1.82) is 0 Å². The summed E-state index contributed by atoms with van der Waals surface area (Å²) in [7, 11) is 0. The molecule has 0 aliphatic rings. The van der Waals surface area contributed by atoms with E-state index in [4.69, 9.17) is 4.98 Å². The molecule has 96 valence electrons. The minimum absolute atomic E-state index is 0.911. The molecule has 0 spiro atoms. The van der Waals surface area contributed by atoms with Gasteiger partial charge in [0.1, 0.15) is 5.03 Å². The Morgan fingerprint density at radius 3 is 2.83 bits per heavy atom. The largest absolute Gasteiger partial charge is 0.313 e. The summed E-state index contributed by atoms with van der Waals surface area (Å²) in [5.74, 6) is 1.06. The number of benzene rings is 1. The van der Waals surface area contributed by atoms with Crippen LogP contribution in [0, 0.1) is 0 Å². The second-order valence-corrected chi connectivity index (χ2v) is 5.51. The lowest BCUT2D eigenvalue weighted by Crippen LogP contribution is -2.14. The molecule has 2 rings (SSSR count). The van der Waals surface area contributed by atoms with E-state index in [0.717, 1.165) is 30.8 Å². The maximum Gasteiger partial charge on any atom is 0.101 e. The first kappa shape index (κ1) is 13.4. The van der Waals surface area contributed by atoms with Crippen LogP contribution in [0.5, 0.6) is 0 Å². The third-order valence-corrected chi connectivity index (χ3v) is 3.70. The van der Waals surface area contributed by atoms with Crippen LogP contribution in [0.15, 0.2) is 35.4 Å². The van der Waals surface area contributed by atoms with E-state index in [-0.39, 0.29) is 0 Å². The highest BCUT2D eigenvalue weighted by Gasteiger charge is 2.06. The molecule has 0 amide bonds. The molecule has 0 bridgehead atoms. The normalized spacial score (nSPS) is 11.0. The molecule has 0 aliphatic heterocycles. The predicted molar refractivity (Wildman–Crippen MR) is 80.1 cm³/mol. The van der Waals surface area contributed by atoms with Crippen LogP contribution in [0.3, 0.4) is 0 Å². The number of nitrogens with zero attached hydrogens (tertiary/aromatic N) is 1. The van der Waals surface area contributed by atoms with Gasteiger partial charge in [-0.15, -0.1) is 11.8 Å². The zero-order valence-electron chi connectivity index (χ0n) is 11.1. The minimum atomic E-state index is 0.911. The number of aromatic nitrogens is 1. The number of thioether (sulfide) groups is 1. The maximum absolute atomic E-state index is 4.77. The Balaban J connectivity index is 2.31. The Bertz CT molecular complexity index is 511. The van der Waals surface area contributed by atoms with Crippen LogP contribution in [0.25, 0.3) is 10.9 Å². The SMILES string of the molecule is CCCNCc1cc2ccccc2nc1SCC. The smallest absolute Gasteiger partial charge is 0.101 e. The van der Waals surface area contributed by atoms with Gasteiger partial charge in [0.15, 0.2) is 0 Å². The third-order valence-electron chi connectivity index (χ3n) is 2.79. The van der Waals surface area contributed by atoms with E-state index in [1.54, 1.807) is 0 Å². The van der Waals surface area contributed by atoms with E-state index in [1.807, 2.05) is 17.8 Å². The van der Waals surface area contributed by atoms with Gasteiger partial charge in [-0.3, -0.25) is 0 Å². The summed E-state index contributed by atoms with van der Waals surface area (Å²) in [5.41, 5.74) is 2.40. The molecule has 0 aliphatic carbocycles. The molecule has 1 aromatic carbocycles. The van der Waals surface area contributed by atoms with Crippen LogP contribution in [0.2, 0.25) is 0 Å². The molecule has 0 unspecified atom stereocenters. The predicted octanol–water partition coefficient (Wildman–Crippen LogP) is 3.85. The van der Waals surface area contributed by atoms with Crippen LogP contribution < -0.4 is 5.32 Å². The Kier molecular flexibility index (Phi) is 5.02. The quantitative estimate of drug-likeness (QED) is 0.631. The molecule has 0 fully saturated rings. The van der Waals surface area contributed by atoms with Crippen molar-refractivity contribution in [3.63, 3.8) is 0 Å². The molecule has 3 heteroatoms. The maximum atomic E-state index is 4.77. The van der Waals surface area contributed by atoms with E-state index < -0.39 is 0 Å². The fourth-order valence-corrected chi connectivity index (χ4v) is 2.68. The molecular weight excluding hydrogens is 240 g/mol. The van der Waals surface area contributed by atoms with Gasteiger partial charge in [0.25, 0.3) is 0 Å². The van der Waals surface area contributed by atoms with Crippen molar-refractivity contribution >= 4 is 22.7 Å². The van der Waals surface area contributed by atoms with Gasteiger partial charge in [0.05, 0.1) is 5.52 Å². The monoisotopic (exact) mass is 260 g/mol. The van der Waals surface area contributed by atoms with Gasteiger partial charge in [-0.05, 0) is 36.4 Å². The number of rotatable bonds is 6. The number of hydrogen-bond donors (Lipinski definition) is 1. The zero-order valence-corrected chi connectivity index (χ0v) is 11.9. The van der Waals surface area contributed by atoms with E-state index in [0.29, 0.717) is 0 Å². The van der Waals surface area contributed by atoms with Gasteiger partial charge in [-0.2, -0.15) is 0 Å². The van der Waals surface area contributed by atoms with Gasteiger partial charge < -0.3 is 5.32 Å². The summed E-state index contributed by atoms with van der Waals surface area (Å²) in [6, 6.07) is 10.6. The standard InChI is InChI=1S/C15H20N2S/c1-3-9-16-11-13-10-12-7-5-6-8-14(12)17-15(13)18-4-2/h5-8,10,16H,3-4,9,11H2,1-2H3. The number of pyridine rings is 1. The topological polar surface area (TPSA) is 24.9 Å². The molecule has 18 heavy (non-hydrogen) atoms. The number of nitrogens with one attached hydrogen (secondary N) is 1. The van der Waals surface area contributed by atoms with Crippen molar-refractivity contribution in [3.8, 4) is 0 Å². The first-order valence-corrected chi connectivity index (χ1v) is 7.56. The lowest BCUT2D eigenvalue weighted by atomic mass is 10.1. The van der Waals surface area contributed by atoms with Gasteiger partial charge in [-0.1, -0.05) is 32.0 Å². The van der Waals surface area contributed by atoms with E-state index >= 15 is 0 Å². The molecule has 2 aromatic rings.